The number of aliphatic hydroxyl groups excluding tert-OH is 2. The van der Waals surface area contributed by atoms with Crippen molar-refractivity contribution in [3.05, 3.63) is 0 Å². The summed E-state index contributed by atoms with van der Waals surface area (Å²) in [4.78, 5) is 0. The van der Waals surface area contributed by atoms with Gasteiger partial charge in [0.1, 0.15) is 0 Å². The van der Waals surface area contributed by atoms with Crippen LogP contribution in [0.5, 0.6) is 0 Å². The van der Waals surface area contributed by atoms with Gasteiger partial charge in [-0.2, -0.15) is 8.42 Å². The lowest BCUT2D eigenvalue weighted by atomic mass is 10.3. The standard InChI is InChI=1S/C6H15NO2.C2H6O4S/c1-5(8)3-7-4-6(2)9;1-5-7(3,4)6-2/h5-9H,3-4H2,1-2H3;1-2H3. The number of aliphatic hydroxyl groups is 2. The average molecular weight is 259 g/mol. The van der Waals surface area contributed by atoms with Crippen molar-refractivity contribution in [2.75, 3.05) is 27.3 Å². The summed E-state index contributed by atoms with van der Waals surface area (Å²) in [5.41, 5.74) is 0. The summed E-state index contributed by atoms with van der Waals surface area (Å²) in [5.74, 6) is 0. The van der Waals surface area contributed by atoms with Crippen LogP contribution in [0.3, 0.4) is 0 Å². The summed E-state index contributed by atoms with van der Waals surface area (Å²) < 4.78 is 27.5. The minimum absolute atomic E-state index is 0.330. The Hall–Kier alpha value is -0.250. The highest BCUT2D eigenvalue weighted by Crippen LogP contribution is 1.85. The van der Waals surface area contributed by atoms with Crippen LogP contribution in [0.4, 0.5) is 0 Å². The Morgan fingerprint density at radius 1 is 1.06 bits per heavy atom. The lowest BCUT2D eigenvalue weighted by Gasteiger charge is -2.07. The van der Waals surface area contributed by atoms with E-state index in [9.17, 15) is 8.42 Å². The van der Waals surface area contributed by atoms with Crippen LogP contribution in [-0.4, -0.2) is 58.1 Å². The first kappa shape index (κ1) is 18.1. The largest absolute Gasteiger partial charge is 0.399 e. The summed E-state index contributed by atoms with van der Waals surface area (Å²) in [5, 5.41) is 20.3. The molecule has 0 aromatic rings. The molecular weight excluding hydrogens is 238 g/mol. The maximum Gasteiger partial charge on any atom is 0.399 e. The van der Waals surface area contributed by atoms with Crippen molar-refractivity contribution in [3.8, 4) is 0 Å². The Bertz CT molecular complexity index is 221. The molecule has 0 saturated heterocycles. The van der Waals surface area contributed by atoms with Crippen molar-refractivity contribution in [2.45, 2.75) is 26.1 Å². The number of hydrogen-bond donors (Lipinski definition) is 3. The van der Waals surface area contributed by atoms with E-state index >= 15 is 0 Å². The molecule has 0 amide bonds. The first-order chi connectivity index (χ1) is 7.25. The van der Waals surface area contributed by atoms with E-state index in [4.69, 9.17) is 10.2 Å². The molecule has 0 spiro atoms. The van der Waals surface area contributed by atoms with Gasteiger partial charge in [0.2, 0.25) is 0 Å². The van der Waals surface area contributed by atoms with E-state index in [1.807, 2.05) is 0 Å². The van der Waals surface area contributed by atoms with Crippen molar-refractivity contribution in [1.29, 1.82) is 0 Å². The van der Waals surface area contributed by atoms with Crippen molar-refractivity contribution >= 4 is 10.4 Å². The zero-order valence-electron chi connectivity index (χ0n) is 10.0. The average Bonchev–Trinajstić information content (AvgIpc) is 2.18. The second-order valence-corrected chi connectivity index (χ2v) is 4.58. The number of nitrogens with one attached hydrogen (secondary N) is 1. The summed E-state index contributed by atoms with van der Waals surface area (Å²) in [6.07, 6.45) is -0.660. The molecule has 16 heavy (non-hydrogen) atoms. The topological polar surface area (TPSA) is 105 Å². The summed E-state index contributed by atoms with van der Waals surface area (Å²) in [6.45, 7) is 4.50. The van der Waals surface area contributed by atoms with E-state index < -0.39 is 10.4 Å². The fourth-order valence-electron chi connectivity index (χ4n) is 0.569. The second kappa shape index (κ2) is 9.94. The second-order valence-electron chi connectivity index (χ2n) is 3.10. The van der Waals surface area contributed by atoms with Gasteiger partial charge in [-0.3, -0.25) is 8.37 Å². The third-order valence-electron chi connectivity index (χ3n) is 1.29. The Kier molecular flexibility index (Phi) is 11.3. The molecule has 0 bridgehead atoms. The molecule has 2 unspecified atom stereocenters. The Morgan fingerprint density at radius 3 is 1.50 bits per heavy atom. The minimum Gasteiger partial charge on any atom is -0.392 e. The zero-order valence-corrected chi connectivity index (χ0v) is 10.8. The molecule has 0 radical (unpaired) electrons. The van der Waals surface area contributed by atoms with E-state index in [-0.39, 0.29) is 12.2 Å². The fourth-order valence-corrected chi connectivity index (χ4v) is 0.705. The van der Waals surface area contributed by atoms with Crippen LogP contribution in [0.25, 0.3) is 0 Å². The smallest absolute Gasteiger partial charge is 0.392 e. The molecule has 0 aromatic carbocycles. The summed E-state index contributed by atoms with van der Waals surface area (Å²) >= 11 is 0. The van der Waals surface area contributed by atoms with Gasteiger partial charge in [0.25, 0.3) is 0 Å². The Balaban J connectivity index is 0. The van der Waals surface area contributed by atoms with Crippen LogP contribution in [0.1, 0.15) is 13.8 Å². The molecule has 3 N–H and O–H groups in total. The first-order valence-corrected chi connectivity index (χ1v) is 6.01. The van der Waals surface area contributed by atoms with Crippen LogP contribution < -0.4 is 5.32 Å². The van der Waals surface area contributed by atoms with Crippen molar-refractivity contribution in [3.63, 3.8) is 0 Å². The van der Waals surface area contributed by atoms with Gasteiger partial charge in [-0.25, -0.2) is 0 Å². The predicted octanol–water partition coefficient (Wildman–Crippen LogP) is -1.14. The van der Waals surface area contributed by atoms with Crippen LogP contribution in [0.15, 0.2) is 0 Å². The van der Waals surface area contributed by atoms with Crippen molar-refractivity contribution < 1.29 is 27.0 Å². The molecule has 0 aliphatic heterocycles. The van der Waals surface area contributed by atoms with Crippen LogP contribution in [0.2, 0.25) is 0 Å². The van der Waals surface area contributed by atoms with Crippen LogP contribution in [0, 0.1) is 0 Å². The molecule has 100 valence electrons. The number of hydrogen-bond acceptors (Lipinski definition) is 7. The normalized spacial score (nSPS) is 14.9. The molecule has 0 aliphatic rings. The van der Waals surface area contributed by atoms with E-state index in [1.54, 1.807) is 13.8 Å². The highest BCUT2D eigenvalue weighted by Gasteiger charge is 2.01. The van der Waals surface area contributed by atoms with Gasteiger partial charge in [0.15, 0.2) is 0 Å². The van der Waals surface area contributed by atoms with E-state index in [0.29, 0.717) is 13.1 Å². The van der Waals surface area contributed by atoms with Crippen molar-refractivity contribution in [1.82, 2.24) is 5.32 Å². The SMILES string of the molecule is CC(O)CNCC(C)O.COS(=O)(=O)OC. The molecule has 0 rings (SSSR count). The molecule has 0 heterocycles. The molecule has 7 nitrogen and oxygen atoms in total. The van der Waals surface area contributed by atoms with Gasteiger partial charge in [-0.05, 0) is 13.8 Å². The highest BCUT2D eigenvalue weighted by atomic mass is 32.3. The quantitative estimate of drug-likeness (QED) is 0.554. The Morgan fingerprint density at radius 2 is 1.38 bits per heavy atom. The minimum atomic E-state index is -3.66. The molecule has 0 aromatic heterocycles. The molecule has 8 heteroatoms. The predicted molar refractivity (Wildman–Crippen MR) is 59.2 cm³/mol. The van der Waals surface area contributed by atoms with E-state index in [1.165, 1.54) is 0 Å². The maximum absolute atomic E-state index is 9.92. The lowest BCUT2D eigenvalue weighted by molar-refractivity contribution is 0.164. The third kappa shape index (κ3) is 16.2. The summed E-state index contributed by atoms with van der Waals surface area (Å²) in [6, 6.07) is 0. The third-order valence-corrected chi connectivity index (χ3v) is 2.10. The van der Waals surface area contributed by atoms with Gasteiger partial charge in [0, 0.05) is 13.1 Å². The van der Waals surface area contributed by atoms with Gasteiger partial charge in [-0.15, -0.1) is 0 Å². The van der Waals surface area contributed by atoms with Crippen LogP contribution >= 0.6 is 0 Å². The Labute approximate surface area is 96.7 Å². The molecule has 0 aliphatic carbocycles. The molecule has 0 fully saturated rings. The lowest BCUT2D eigenvalue weighted by Crippen LogP contribution is -2.30. The van der Waals surface area contributed by atoms with Crippen molar-refractivity contribution in [2.24, 2.45) is 0 Å². The monoisotopic (exact) mass is 259 g/mol. The van der Waals surface area contributed by atoms with Gasteiger partial charge in [0.05, 0.1) is 26.4 Å². The molecule has 2 atom stereocenters. The molecule has 0 saturated carbocycles. The molecular formula is C8H21NO6S. The van der Waals surface area contributed by atoms with E-state index in [2.05, 4.69) is 13.7 Å². The van der Waals surface area contributed by atoms with Crippen LogP contribution in [-0.2, 0) is 18.8 Å². The van der Waals surface area contributed by atoms with Gasteiger partial charge in [-0.1, -0.05) is 0 Å². The fraction of sp³-hybridized carbons (Fsp3) is 1.00. The van der Waals surface area contributed by atoms with Gasteiger partial charge < -0.3 is 15.5 Å². The maximum atomic E-state index is 9.92. The number of rotatable bonds is 6. The van der Waals surface area contributed by atoms with E-state index in [0.717, 1.165) is 14.2 Å². The van der Waals surface area contributed by atoms with Gasteiger partial charge >= 0.3 is 10.4 Å². The first-order valence-electron chi connectivity index (χ1n) is 4.68. The zero-order chi connectivity index (χ0) is 13.2. The summed E-state index contributed by atoms with van der Waals surface area (Å²) in [7, 11) is -1.60. The highest BCUT2D eigenvalue weighted by molar-refractivity contribution is 7.81.